The van der Waals surface area contributed by atoms with Crippen LogP contribution in [-0.2, 0) is 0 Å². The molecule has 0 amide bonds. The van der Waals surface area contributed by atoms with Crippen LogP contribution < -0.4 is 10.1 Å². The normalized spacial score (nSPS) is 11.8. The average Bonchev–Trinajstić information content (AvgIpc) is 3.18. The number of hydrogen-bond donors (Lipinski definition) is 2. The Morgan fingerprint density at radius 1 is 0.968 bits per heavy atom. The predicted molar refractivity (Wildman–Crippen MR) is 121 cm³/mol. The molecule has 1 aliphatic heterocycles. The van der Waals surface area contributed by atoms with E-state index in [9.17, 15) is 0 Å². The monoisotopic (exact) mass is 426 g/mol. The van der Waals surface area contributed by atoms with Crippen LogP contribution in [0.25, 0.3) is 44.8 Å². The maximum atomic E-state index is 6.57. The molecule has 0 aliphatic carbocycles. The number of imidazole rings is 1. The van der Waals surface area contributed by atoms with Crippen LogP contribution in [0.3, 0.4) is 0 Å². The van der Waals surface area contributed by atoms with E-state index < -0.39 is 0 Å². The van der Waals surface area contributed by atoms with Gasteiger partial charge in [0.2, 0.25) is 0 Å². The van der Waals surface area contributed by atoms with Crippen molar-refractivity contribution >= 4 is 34.0 Å². The van der Waals surface area contributed by atoms with Gasteiger partial charge in [-0.1, -0.05) is 11.6 Å². The zero-order valence-corrected chi connectivity index (χ0v) is 17.1. The van der Waals surface area contributed by atoms with Gasteiger partial charge in [0.25, 0.3) is 0 Å². The van der Waals surface area contributed by atoms with Crippen LogP contribution in [0.4, 0.5) is 11.5 Å². The fourth-order valence-corrected chi connectivity index (χ4v) is 4.09. The molecular formula is C23H15ClN6O. The minimum absolute atomic E-state index is 0.376. The highest BCUT2D eigenvalue weighted by Crippen LogP contribution is 2.43. The summed E-state index contributed by atoms with van der Waals surface area (Å²) in [5.41, 5.74) is 5.85. The summed E-state index contributed by atoms with van der Waals surface area (Å²) in [6.07, 6.45) is 5.28. The van der Waals surface area contributed by atoms with Gasteiger partial charge in [0.05, 0.1) is 35.8 Å². The summed E-state index contributed by atoms with van der Waals surface area (Å²) in [6.45, 7) is 0. The standard InChI is InChI=1S/C23H15ClN6O/c1-31-13-4-5-17-12(9-13)10-16(21(24)27-17)23-29-19-14-6-8-25-11-18(14)28-22-15(20(19)30-23)3-2-7-26-22/h2-11H,1H3,(H,26,28)(H,29,30). The van der Waals surface area contributed by atoms with Gasteiger partial charge in [0.1, 0.15) is 28.2 Å². The number of halogens is 1. The second kappa shape index (κ2) is 6.78. The Morgan fingerprint density at radius 2 is 1.90 bits per heavy atom. The number of pyridine rings is 3. The van der Waals surface area contributed by atoms with E-state index in [-0.39, 0.29) is 0 Å². The Labute approximate surface area is 182 Å². The first kappa shape index (κ1) is 17.9. The average molecular weight is 427 g/mol. The van der Waals surface area contributed by atoms with Gasteiger partial charge in [-0.15, -0.1) is 0 Å². The second-order valence-corrected chi connectivity index (χ2v) is 7.50. The van der Waals surface area contributed by atoms with Gasteiger partial charge >= 0.3 is 0 Å². The van der Waals surface area contributed by atoms with Gasteiger partial charge in [-0.3, -0.25) is 4.98 Å². The van der Waals surface area contributed by atoms with E-state index in [4.69, 9.17) is 21.3 Å². The molecule has 2 N–H and O–H groups in total. The molecule has 0 saturated heterocycles. The Morgan fingerprint density at radius 3 is 2.81 bits per heavy atom. The summed E-state index contributed by atoms with van der Waals surface area (Å²) in [5.74, 6) is 2.11. The molecule has 1 aliphatic rings. The number of anilines is 2. The lowest BCUT2D eigenvalue weighted by Crippen LogP contribution is -1.96. The van der Waals surface area contributed by atoms with Crippen molar-refractivity contribution in [1.82, 2.24) is 24.9 Å². The lowest BCUT2D eigenvalue weighted by molar-refractivity contribution is 0.415. The third-order valence-electron chi connectivity index (χ3n) is 5.34. The number of benzene rings is 1. The third kappa shape index (κ3) is 2.82. The molecule has 150 valence electrons. The van der Waals surface area contributed by atoms with Crippen molar-refractivity contribution in [1.29, 1.82) is 0 Å². The SMILES string of the molecule is COc1ccc2nc(Cl)c(-c3nc4c([nH]3)-c3ccncc3Nc3ncccc3-4)cc2c1. The van der Waals surface area contributed by atoms with Crippen molar-refractivity contribution in [2.24, 2.45) is 0 Å². The van der Waals surface area contributed by atoms with Crippen molar-refractivity contribution in [3.05, 3.63) is 66.2 Å². The number of methoxy groups -OCH3 is 1. The number of aromatic nitrogens is 5. The van der Waals surface area contributed by atoms with Crippen molar-refractivity contribution < 1.29 is 4.74 Å². The number of aromatic amines is 1. The van der Waals surface area contributed by atoms with Crippen LogP contribution in [0.1, 0.15) is 0 Å². The molecule has 0 fully saturated rings. The molecule has 5 heterocycles. The van der Waals surface area contributed by atoms with Crippen LogP contribution in [0.2, 0.25) is 5.15 Å². The quantitative estimate of drug-likeness (QED) is 0.357. The van der Waals surface area contributed by atoms with Crippen molar-refractivity contribution in [3.63, 3.8) is 0 Å². The topological polar surface area (TPSA) is 88.6 Å². The molecular weight excluding hydrogens is 412 g/mol. The first-order valence-electron chi connectivity index (χ1n) is 9.63. The highest BCUT2D eigenvalue weighted by molar-refractivity contribution is 6.32. The smallest absolute Gasteiger partial charge is 0.141 e. The first-order chi connectivity index (χ1) is 15.2. The van der Waals surface area contributed by atoms with Crippen LogP contribution >= 0.6 is 11.6 Å². The minimum atomic E-state index is 0.376. The minimum Gasteiger partial charge on any atom is -0.497 e. The molecule has 0 atom stereocenters. The van der Waals surface area contributed by atoms with E-state index >= 15 is 0 Å². The predicted octanol–water partition coefficient (Wildman–Crippen LogP) is 5.47. The molecule has 0 saturated carbocycles. The summed E-state index contributed by atoms with van der Waals surface area (Å²) < 4.78 is 5.35. The zero-order chi connectivity index (χ0) is 20.9. The summed E-state index contributed by atoms with van der Waals surface area (Å²) in [7, 11) is 1.64. The number of hydrogen-bond acceptors (Lipinski definition) is 6. The molecule has 1 aromatic carbocycles. The van der Waals surface area contributed by atoms with Gasteiger partial charge in [-0.2, -0.15) is 0 Å². The second-order valence-electron chi connectivity index (χ2n) is 7.14. The number of nitrogens with one attached hydrogen (secondary N) is 2. The zero-order valence-electron chi connectivity index (χ0n) is 16.3. The Hall–Kier alpha value is -3.97. The van der Waals surface area contributed by atoms with Crippen LogP contribution in [0.5, 0.6) is 5.75 Å². The molecule has 0 bridgehead atoms. The molecule has 6 rings (SSSR count). The summed E-state index contributed by atoms with van der Waals surface area (Å²) in [4.78, 5) is 21.7. The Bertz CT molecular complexity index is 1420. The fourth-order valence-electron chi connectivity index (χ4n) is 3.85. The van der Waals surface area contributed by atoms with Crippen LogP contribution in [0, 0.1) is 0 Å². The van der Waals surface area contributed by atoms with E-state index in [1.165, 1.54) is 0 Å². The highest BCUT2D eigenvalue weighted by atomic mass is 35.5. The van der Waals surface area contributed by atoms with E-state index in [2.05, 4.69) is 25.3 Å². The van der Waals surface area contributed by atoms with E-state index in [0.717, 1.165) is 50.7 Å². The Balaban J connectivity index is 1.60. The molecule has 0 radical (unpaired) electrons. The molecule has 0 spiro atoms. The van der Waals surface area contributed by atoms with E-state index in [1.807, 2.05) is 42.5 Å². The van der Waals surface area contributed by atoms with Crippen LogP contribution in [-0.4, -0.2) is 32.0 Å². The van der Waals surface area contributed by atoms with E-state index in [0.29, 0.717) is 16.5 Å². The van der Waals surface area contributed by atoms with Gasteiger partial charge in [0, 0.05) is 28.9 Å². The molecule has 0 unspecified atom stereocenters. The third-order valence-corrected chi connectivity index (χ3v) is 5.63. The highest BCUT2D eigenvalue weighted by Gasteiger charge is 2.25. The number of nitrogens with zero attached hydrogens (tertiary/aromatic N) is 4. The first-order valence-corrected chi connectivity index (χ1v) is 10.0. The summed E-state index contributed by atoms with van der Waals surface area (Å²) in [6, 6.07) is 13.5. The van der Waals surface area contributed by atoms with Crippen molar-refractivity contribution in [3.8, 4) is 39.7 Å². The largest absolute Gasteiger partial charge is 0.497 e. The van der Waals surface area contributed by atoms with Gasteiger partial charge in [0.15, 0.2) is 0 Å². The maximum absolute atomic E-state index is 6.57. The Kier molecular flexibility index (Phi) is 3.91. The van der Waals surface area contributed by atoms with Crippen molar-refractivity contribution in [2.45, 2.75) is 0 Å². The maximum Gasteiger partial charge on any atom is 0.141 e. The number of H-pyrrole nitrogens is 1. The van der Waals surface area contributed by atoms with Gasteiger partial charge in [-0.05, 0) is 42.5 Å². The van der Waals surface area contributed by atoms with Gasteiger partial charge in [-0.25, -0.2) is 15.0 Å². The molecule has 5 aromatic rings. The summed E-state index contributed by atoms with van der Waals surface area (Å²) >= 11 is 6.57. The molecule has 31 heavy (non-hydrogen) atoms. The molecule has 7 nitrogen and oxygen atoms in total. The molecule has 8 heteroatoms. The number of ether oxygens (including phenoxy) is 1. The molecule has 4 aromatic heterocycles. The fraction of sp³-hybridized carbons (Fsp3) is 0.0435. The lowest BCUT2D eigenvalue weighted by atomic mass is 10.1. The number of fused-ring (bicyclic) bond motifs is 6. The lowest BCUT2D eigenvalue weighted by Gasteiger charge is -2.08. The number of rotatable bonds is 2. The van der Waals surface area contributed by atoms with Gasteiger partial charge < -0.3 is 15.0 Å². The van der Waals surface area contributed by atoms with E-state index in [1.54, 1.807) is 25.7 Å². The van der Waals surface area contributed by atoms with Crippen molar-refractivity contribution in [2.75, 3.05) is 12.4 Å². The van der Waals surface area contributed by atoms with Crippen LogP contribution in [0.15, 0.2) is 61.1 Å². The summed E-state index contributed by atoms with van der Waals surface area (Å²) in [5, 5.41) is 4.65.